The van der Waals surface area contributed by atoms with Crippen LogP contribution in [0.5, 0.6) is 5.75 Å². The number of hydrogen-bond acceptors (Lipinski definition) is 5. The maximum Gasteiger partial charge on any atom is 0.333 e. The van der Waals surface area contributed by atoms with Gasteiger partial charge in [0.05, 0.1) is 7.11 Å². The number of carbonyl (C=O) groups is 2. The van der Waals surface area contributed by atoms with Gasteiger partial charge in [0.2, 0.25) is 5.91 Å². The highest BCUT2D eigenvalue weighted by atomic mass is 16.5. The van der Waals surface area contributed by atoms with Crippen molar-refractivity contribution in [1.82, 2.24) is 10.3 Å². The van der Waals surface area contributed by atoms with Crippen molar-refractivity contribution < 1.29 is 19.1 Å². The molecule has 0 fully saturated rings. The van der Waals surface area contributed by atoms with Gasteiger partial charge in [-0.25, -0.2) is 4.79 Å². The van der Waals surface area contributed by atoms with Gasteiger partial charge in [0.25, 0.3) is 0 Å². The molecule has 0 bridgehead atoms. The fraction of sp³-hybridized carbons (Fsp3) is 0.125. The molecule has 6 heteroatoms. The van der Waals surface area contributed by atoms with E-state index in [1.807, 2.05) is 42.5 Å². The maximum absolute atomic E-state index is 12.3. The maximum atomic E-state index is 12.3. The van der Waals surface area contributed by atoms with Crippen molar-refractivity contribution in [3.8, 4) is 5.75 Å². The molecule has 6 nitrogen and oxygen atoms in total. The number of aromatic nitrogens is 1. The molecule has 1 amide bonds. The molecule has 1 heterocycles. The SMILES string of the molecule is COC(=O)C(NC(=O)/C=C/c1ccc(OCc2cccnc2)cc1)c1ccccc1. The molecule has 1 atom stereocenters. The minimum atomic E-state index is -0.864. The number of ether oxygens (including phenoxy) is 2. The number of nitrogens with one attached hydrogen (secondary N) is 1. The van der Waals surface area contributed by atoms with E-state index in [1.165, 1.54) is 13.2 Å². The average molecular weight is 402 g/mol. The van der Waals surface area contributed by atoms with Crippen LogP contribution in [-0.4, -0.2) is 24.0 Å². The Hall–Kier alpha value is -3.93. The second-order valence-corrected chi connectivity index (χ2v) is 6.43. The van der Waals surface area contributed by atoms with Crippen LogP contribution < -0.4 is 10.1 Å². The molecule has 3 aromatic rings. The summed E-state index contributed by atoms with van der Waals surface area (Å²) in [6, 6.07) is 19.2. The monoisotopic (exact) mass is 402 g/mol. The Balaban J connectivity index is 1.57. The van der Waals surface area contributed by atoms with Crippen molar-refractivity contribution in [2.75, 3.05) is 7.11 Å². The Morgan fingerprint density at radius 2 is 1.80 bits per heavy atom. The summed E-state index contributed by atoms with van der Waals surface area (Å²) in [5, 5.41) is 2.67. The molecular formula is C24H22N2O4. The number of carbonyl (C=O) groups excluding carboxylic acids is 2. The summed E-state index contributed by atoms with van der Waals surface area (Å²) in [5.74, 6) is -0.209. The van der Waals surface area contributed by atoms with Crippen molar-refractivity contribution in [1.29, 1.82) is 0 Å². The lowest BCUT2D eigenvalue weighted by molar-refractivity contribution is -0.144. The summed E-state index contributed by atoms with van der Waals surface area (Å²) in [5.41, 5.74) is 2.46. The van der Waals surface area contributed by atoms with E-state index in [1.54, 1.807) is 42.7 Å². The van der Waals surface area contributed by atoms with Crippen molar-refractivity contribution >= 4 is 18.0 Å². The molecule has 0 saturated heterocycles. The zero-order valence-electron chi connectivity index (χ0n) is 16.5. The van der Waals surface area contributed by atoms with Crippen molar-refractivity contribution in [3.05, 3.63) is 102 Å². The third kappa shape index (κ3) is 6.04. The minimum absolute atomic E-state index is 0.397. The number of benzene rings is 2. The van der Waals surface area contributed by atoms with E-state index in [-0.39, 0.29) is 0 Å². The quantitative estimate of drug-likeness (QED) is 0.459. The predicted molar refractivity (Wildman–Crippen MR) is 113 cm³/mol. The van der Waals surface area contributed by atoms with Gasteiger partial charge < -0.3 is 14.8 Å². The third-order valence-corrected chi connectivity index (χ3v) is 4.29. The zero-order chi connectivity index (χ0) is 21.2. The molecule has 0 aliphatic heterocycles. The van der Waals surface area contributed by atoms with E-state index in [2.05, 4.69) is 10.3 Å². The Kier molecular flexibility index (Phi) is 7.33. The second-order valence-electron chi connectivity index (χ2n) is 6.43. The molecule has 2 aromatic carbocycles. The Morgan fingerprint density at radius 1 is 1.03 bits per heavy atom. The van der Waals surface area contributed by atoms with Gasteiger partial charge in [-0.2, -0.15) is 0 Å². The summed E-state index contributed by atoms with van der Waals surface area (Å²) < 4.78 is 10.5. The lowest BCUT2D eigenvalue weighted by Gasteiger charge is -2.15. The zero-order valence-corrected chi connectivity index (χ0v) is 16.5. The lowest BCUT2D eigenvalue weighted by Crippen LogP contribution is -2.33. The Labute approximate surface area is 175 Å². The van der Waals surface area contributed by atoms with Crippen LogP contribution in [0, 0.1) is 0 Å². The molecule has 0 spiro atoms. The molecule has 1 aromatic heterocycles. The molecule has 1 unspecified atom stereocenters. The van der Waals surface area contributed by atoms with Gasteiger partial charge in [0.1, 0.15) is 12.4 Å². The highest BCUT2D eigenvalue weighted by Crippen LogP contribution is 2.16. The number of nitrogens with zero attached hydrogens (tertiary/aromatic N) is 1. The van der Waals surface area contributed by atoms with Crippen molar-refractivity contribution in [3.63, 3.8) is 0 Å². The van der Waals surface area contributed by atoms with Crippen molar-refractivity contribution in [2.45, 2.75) is 12.6 Å². The van der Waals surface area contributed by atoms with Crippen LogP contribution in [0.1, 0.15) is 22.7 Å². The fourth-order valence-corrected chi connectivity index (χ4v) is 2.73. The number of amides is 1. The first kappa shape index (κ1) is 20.8. The summed E-state index contributed by atoms with van der Waals surface area (Å²) in [4.78, 5) is 28.4. The molecule has 0 aliphatic carbocycles. The topological polar surface area (TPSA) is 77.5 Å². The highest BCUT2D eigenvalue weighted by molar-refractivity contribution is 5.94. The summed E-state index contributed by atoms with van der Waals surface area (Å²) in [6.07, 6.45) is 6.52. The van der Waals surface area contributed by atoms with Gasteiger partial charge in [-0.1, -0.05) is 48.5 Å². The van der Waals surface area contributed by atoms with E-state index in [0.717, 1.165) is 16.9 Å². The van der Waals surface area contributed by atoms with E-state index in [0.29, 0.717) is 12.2 Å². The first-order chi connectivity index (χ1) is 14.7. The van der Waals surface area contributed by atoms with Crippen LogP contribution in [0.4, 0.5) is 0 Å². The van der Waals surface area contributed by atoms with Crippen LogP contribution in [-0.2, 0) is 20.9 Å². The first-order valence-corrected chi connectivity index (χ1v) is 9.39. The molecule has 30 heavy (non-hydrogen) atoms. The van der Waals surface area contributed by atoms with E-state index in [9.17, 15) is 9.59 Å². The van der Waals surface area contributed by atoms with Gasteiger partial charge in [-0.05, 0) is 35.4 Å². The van der Waals surface area contributed by atoms with Crippen LogP contribution in [0.25, 0.3) is 6.08 Å². The predicted octanol–water partition coefficient (Wildman–Crippen LogP) is 3.70. The number of pyridine rings is 1. The van der Waals surface area contributed by atoms with Gasteiger partial charge in [-0.3, -0.25) is 9.78 Å². The number of rotatable bonds is 8. The fourth-order valence-electron chi connectivity index (χ4n) is 2.73. The normalized spacial score (nSPS) is 11.6. The van der Waals surface area contributed by atoms with E-state index >= 15 is 0 Å². The van der Waals surface area contributed by atoms with Crippen LogP contribution in [0.2, 0.25) is 0 Å². The summed E-state index contributed by atoms with van der Waals surface area (Å²) >= 11 is 0. The lowest BCUT2D eigenvalue weighted by atomic mass is 10.1. The Bertz CT molecular complexity index is 987. The molecule has 0 saturated carbocycles. The smallest absolute Gasteiger partial charge is 0.333 e. The first-order valence-electron chi connectivity index (χ1n) is 9.39. The number of methoxy groups -OCH3 is 1. The molecule has 1 N–H and O–H groups in total. The Morgan fingerprint density at radius 3 is 2.47 bits per heavy atom. The van der Waals surface area contributed by atoms with Gasteiger partial charge in [0, 0.05) is 24.0 Å². The molecular weight excluding hydrogens is 380 g/mol. The number of esters is 1. The largest absolute Gasteiger partial charge is 0.489 e. The molecule has 0 aliphatic rings. The van der Waals surface area contributed by atoms with Gasteiger partial charge in [-0.15, -0.1) is 0 Å². The van der Waals surface area contributed by atoms with Crippen molar-refractivity contribution in [2.24, 2.45) is 0 Å². The highest BCUT2D eigenvalue weighted by Gasteiger charge is 2.22. The molecule has 152 valence electrons. The third-order valence-electron chi connectivity index (χ3n) is 4.29. The van der Waals surface area contributed by atoms with E-state index in [4.69, 9.17) is 9.47 Å². The molecule has 0 radical (unpaired) electrons. The van der Waals surface area contributed by atoms with Gasteiger partial charge in [0.15, 0.2) is 6.04 Å². The molecule has 3 rings (SSSR count). The number of hydrogen-bond donors (Lipinski definition) is 1. The summed E-state index contributed by atoms with van der Waals surface area (Å²) in [6.45, 7) is 0.430. The second kappa shape index (κ2) is 10.6. The van der Waals surface area contributed by atoms with Crippen LogP contribution >= 0.6 is 0 Å². The summed E-state index contributed by atoms with van der Waals surface area (Å²) in [7, 11) is 1.29. The van der Waals surface area contributed by atoms with Crippen LogP contribution in [0.3, 0.4) is 0 Å². The minimum Gasteiger partial charge on any atom is -0.489 e. The van der Waals surface area contributed by atoms with Crippen LogP contribution in [0.15, 0.2) is 85.2 Å². The van der Waals surface area contributed by atoms with E-state index < -0.39 is 17.9 Å². The standard InChI is InChI=1S/C24H22N2O4/c1-29-24(28)23(20-7-3-2-4-8-20)26-22(27)14-11-18-9-12-21(13-10-18)30-17-19-6-5-15-25-16-19/h2-16,23H,17H2,1H3,(H,26,27)/b14-11+. The van der Waals surface area contributed by atoms with Gasteiger partial charge >= 0.3 is 5.97 Å². The average Bonchev–Trinajstić information content (AvgIpc) is 2.81.